The van der Waals surface area contributed by atoms with E-state index in [2.05, 4.69) is 5.32 Å². The molecule has 0 radical (unpaired) electrons. The topological polar surface area (TPSA) is 133 Å². The van der Waals surface area contributed by atoms with Crippen molar-refractivity contribution in [2.75, 3.05) is 27.4 Å². The summed E-state index contributed by atoms with van der Waals surface area (Å²) < 4.78 is 74.2. The van der Waals surface area contributed by atoms with Crippen LogP contribution in [0.3, 0.4) is 0 Å². The van der Waals surface area contributed by atoms with Gasteiger partial charge in [-0.2, -0.15) is 0 Å². The van der Waals surface area contributed by atoms with Crippen LogP contribution in [0.25, 0.3) is 16.5 Å². The molecule has 10 nitrogen and oxygen atoms in total. The van der Waals surface area contributed by atoms with Gasteiger partial charge in [-0.25, -0.2) is 26.0 Å². The Hall–Kier alpha value is -4.85. The number of carbonyl (C=O) groups is 2. The number of fused-ring (bicyclic) bond motifs is 1. The fourth-order valence-corrected chi connectivity index (χ4v) is 7.34. The number of allylic oxidation sites excluding steroid dienone is 1. The van der Waals surface area contributed by atoms with Gasteiger partial charge in [0.25, 0.3) is 15.9 Å². The summed E-state index contributed by atoms with van der Waals surface area (Å²) in [5, 5.41) is 12.7. The van der Waals surface area contributed by atoms with E-state index in [1.54, 1.807) is 44.6 Å². The number of aliphatic carboxylic acids is 1. The number of benzene rings is 3. The van der Waals surface area contributed by atoms with Gasteiger partial charge in [-0.1, -0.05) is 48.5 Å². The van der Waals surface area contributed by atoms with Gasteiger partial charge in [-0.15, -0.1) is 0 Å². The third-order valence-corrected chi connectivity index (χ3v) is 9.77. The van der Waals surface area contributed by atoms with E-state index in [1.165, 1.54) is 24.3 Å². The zero-order valence-corrected chi connectivity index (χ0v) is 27.2. The van der Waals surface area contributed by atoms with Gasteiger partial charge in [0.1, 0.15) is 29.1 Å². The highest BCUT2D eigenvalue weighted by Gasteiger charge is 2.33. The van der Waals surface area contributed by atoms with Crippen LogP contribution in [-0.4, -0.2) is 69.0 Å². The van der Waals surface area contributed by atoms with E-state index in [1.807, 2.05) is 13.0 Å². The second-order valence-corrected chi connectivity index (χ2v) is 12.7. The molecule has 0 bridgehead atoms. The molecule has 1 heterocycles. The van der Waals surface area contributed by atoms with Crippen molar-refractivity contribution in [3.8, 4) is 0 Å². The molecule has 0 aliphatic heterocycles. The third kappa shape index (κ3) is 6.89. The van der Waals surface area contributed by atoms with Crippen molar-refractivity contribution in [1.29, 1.82) is 0 Å². The largest absolute Gasteiger partial charge is 0.496 e. The lowest BCUT2D eigenvalue weighted by molar-refractivity contribution is -0.139. The lowest BCUT2D eigenvalue weighted by atomic mass is 9.88. The normalized spacial score (nSPS) is 15.7. The smallest absolute Gasteiger partial charge is 0.326 e. The Morgan fingerprint density at radius 1 is 1.02 bits per heavy atom. The molecule has 0 saturated heterocycles. The molecule has 1 amide bonds. The number of carboxylic acid groups (broad SMARTS) is 1. The molecule has 2 N–H and O–H groups in total. The maximum Gasteiger partial charge on any atom is 0.326 e. The maximum atomic E-state index is 14.7. The SMILES string of the molecule is CCOCC1=CC(OC)=C(c2ccc(CC(NC(=O)c3cc4ccccc4n3S(=O)(=O)c3c(F)cccc3F)C(=O)O)cc2)C(OC)C1. The molecule has 0 fully saturated rings. The Morgan fingerprint density at radius 2 is 1.71 bits per heavy atom. The van der Waals surface area contributed by atoms with Gasteiger partial charge in [0.05, 0.1) is 25.3 Å². The summed E-state index contributed by atoms with van der Waals surface area (Å²) in [6.45, 7) is 2.94. The van der Waals surface area contributed by atoms with Crippen molar-refractivity contribution < 1.29 is 46.1 Å². The number of ether oxygens (including phenoxy) is 3. The number of nitrogens with zero attached hydrogens (tertiary/aromatic N) is 1. The molecule has 0 spiro atoms. The molecule has 252 valence electrons. The van der Waals surface area contributed by atoms with Crippen LogP contribution < -0.4 is 5.32 Å². The van der Waals surface area contributed by atoms with E-state index in [0.29, 0.717) is 34.9 Å². The number of para-hydroxylation sites is 1. The van der Waals surface area contributed by atoms with Gasteiger partial charge < -0.3 is 24.6 Å². The predicted octanol–water partition coefficient (Wildman–Crippen LogP) is 5.32. The van der Waals surface area contributed by atoms with Crippen LogP contribution in [0.5, 0.6) is 0 Å². The number of hydrogen-bond acceptors (Lipinski definition) is 7. The predicted molar refractivity (Wildman–Crippen MR) is 174 cm³/mol. The highest BCUT2D eigenvalue weighted by molar-refractivity contribution is 7.90. The van der Waals surface area contributed by atoms with Crippen LogP contribution in [-0.2, 0) is 35.4 Å². The van der Waals surface area contributed by atoms with Crippen LogP contribution in [0.1, 0.15) is 35.0 Å². The summed E-state index contributed by atoms with van der Waals surface area (Å²) >= 11 is 0. The second-order valence-electron chi connectivity index (χ2n) is 11.0. The Balaban J connectivity index is 1.44. The molecule has 0 saturated carbocycles. The Morgan fingerprint density at radius 3 is 2.33 bits per heavy atom. The average molecular weight is 681 g/mol. The fraction of sp³-hybridized carbons (Fsp3) is 0.257. The molecule has 5 rings (SSSR count). The molecule has 3 aromatic carbocycles. The first kappa shape index (κ1) is 34.5. The lowest BCUT2D eigenvalue weighted by Gasteiger charge is -2.27. The zero-order chi connectivity index (χ0) is 34.6. The quantitative estimate of drug-likeness (QED) is 0.194. The Bertz CT molecular complexity index is 2000. The van der Waals surface area contributed by atoms with Gasteiger partial charge in [0.2, 0.25) is 0 Å². The summed E-state index contributed by atoms with van der Waals surface area (Å²) in [6, 6.07) is 15.4. The summed E-state index contributed by atoms with van der Waals surface area (Å²) in [6.07, 6.45) is 2.06. The minimum Gasteiger partial charge on any atom is -0.496 e. The first-order chi connectivity index (χ1) is 23.0. The minimum atomic E-state index is -4.99. The third-order valence-electron chi connectivity index (χ3n) is 7.99. The van der Waals surface area contributed by atoms with Crippen molar-refractivity contribution in [3.63, 3.8) is 0 Å². The molecule has 4 aromatic rings. The lowest BCUT2D eigenvalue weighted by Crippen LogP contribution is -2.43. The van der Waals surface area contributed by atoms with Crippen LogP contribution in [0.15, 0.2) is 95.1 Å². The van der Waals surface area contributed by atoms with Gasteiger partial charge in [0, 0.05) is 37.5 Å². The van der Waals surface area contributed by atoms with Crippen molar-refractivity contribution in [2.45, 2.75) is 36.8 Å². The number of amides is 1. The zero-order valence-electron chi connectivity index (χ0n) is 26.4. The van der Waals surface area contributed by atoms with E-state index >= 15 is 0 Å². The molecular formula is C35H34F2N2O8S. The highest BCUT2D eigenvalue weighted by Crippen LogP contribution is 2.35. The molecule has 1 aliphatic carbocycles. The van der Waals surface area contributed by atoms with Gasteiger partial charge in [-0.3, -0.25) is 4.79 Å². The van der Waals surface area contributed by atoms with Crippen molar-refractivity contribution >= 4 is 38.4 Å². The Labute approximate surface area is 276 Å². The molecule has 13 heteroatoms. The summed E-state index contributed by atoms with van der Waals surface area (Å²) in [4.78, 5) is 24.7. The summed E-state index contributed by atoms with van der Waals surface area (Å²) in [5.74, 6) is -4.50. The van der Waals surface area contributed by atoms with Gasteiger partial charge >= 0.3 is 5.97 Å². The molecular weight excluding hydrogens is 646 g/mol. The molecule has 48 heavy (non-hydrogen) atoms. The number of hydrogen-bond donors (Lipinski definition) is 2. The second kappa shape index (κ2) is 14.5. The minimum absolute atomic E-state index is 0.0190. The summed E-state index contributed by atoms with van der Waals surface area (Å²) in [5.41, 5.74) is 2.65. The van der Waals surface area contributed by atoms with E-state index in [9.17, 15) is 31.9 Å². The van der Waals surface area contributed by atoms with Gasteiger partial charge in [-0.05, 0) is 54.0 Å². The molecule has 2 atom stereocenters. The average Bonchev–Trinajstić information content (AvgIpc) is 3.47. The number of methoxy groups -OCH3 is 2. The fourth-order valence-electron chi connectivity index (χ4n) is 5.71. The first-order valence-electron chi connectivity index (χ1n) is 15.0. The van der Waals surface area contributed by atoms with Crippen LogP contribution in [0.4, 0.5) is 8.78 Å². The highest BCUT2D eigenvalue weighted by atomic mass is 32.2. The number of nitrogens with one attached hydrogen (secondary N) is 1. The Kier molecular flexibility index (Phi) is 10.4. The van der Waals surface area contributed by atoms with Crippen LogP contribution >= 0.6 is 0 Å². The van der Waals surface area contributed by atoms with E-state index in [0.717, 1.165) is 34.9 Å². The summed E-state index contributed by atoms with van der Waals surface area (Å²) in [7, 11) is -1.82. The van der Waals surface area contributed by atoms with E-state index in [-0.39, 0.29) is 23.4 Å². The molecule has 2 unspecified atom stereocenters. The number of halogens is 2. The number of rotatable bonds is 13. The maximum absolute atomic E-state index is 14.7. The van der Waals surface area contributed by atoms with E-state index < -0.39 is 50.2 Å². The van der Waals surface area contributed by atoms with Gasteiger partial charge in [0.15, 0.2) is 4.90 Å². The van der Waals surface area contributed by atoms with Crippen molar-refractivity contribution in [2.24, 2.45) is 0 Å². The first-order valence-corrected chi connectivity index (χ1v) is 16.4. The molecule has 1 aromatic heterocycles. The number of carboxylic acids is 1. The van der Waals surface area contributed by atoms with E-state index in [4.69, 9.17) is 14.2 Å². The van der Waals surface area contributed by atoms with Crippen LogP contribution in [0, 0.1) is 11.6 Å². The van der Waals surface area contributed by atoms with Crippen molar-refractivity contribution in [3.05, 3.63) is 119 Å². The number of carbonyl (C=O) groups excluding carboxylic acids is 1. The molecule has 1 aliphatic rings. The van der Waals surface area contributed by atoms with Crippen LogP contribution in [0.2, 0.25) is 0 Å². The van der Waals surface area contributed by atoms with Crippen molar-refractivity contribution in [1.82, 2.24) is 9.29 Å². The standard InChI is InChI=1S/C35H34F2N2O8S/c1-4-47-20-22-17-30(45-2)32(31(18-22)46-3)23-14-12-21(13-15-23)16-27(35(41)42)38-34(40)29-19-24-8-5-6-11-28(24)39(29)48(43,44)33-25(36)9-7-10-26(33)37/h5-15,17,19,27,31H,4,16,18,20H2,1-3H3,(H,38,40)(H,41,42). The number of aromatic nitrogens is 1. The monoisotopic (exact) mass is 680 g/mol.